The molecule has 2 rings (SSSR count). The molecule has 24 heavy (non-hydrogen) atoms. The molecule has 1 aliphatic heterocycles. The van der Waals surface area contributed by atoms with E-state index < -0.39 is 0 Å². The van der Waals surface area contributed by atoms with Crippen LogP contribution in [0.3, 0.4) is 0 Å². The monoisotopic (exact) mass is 333 g/mol. The average molecular weight is 333 g/mol. The molecule has 0 N–H and O–H groups in total. The van der Waals surface area contributed by atoms with Gasteiger partial charge in [-0.25, -0.2) is 0 Å². The van der Waals surface area contributed by atoms with Gasteiger partial charge in [-0.15, -0.1) is 0 Å². The molecule has 5 nitrogen and oxygen atoms in total. The van der Waals surface area contributed by atoms with Gasteiger partial charge >= 0.3 is 0 Å². The molecule has 0 aliphatic carbocycles. The zero-order valence-electron chi connectivity index (χ0n) is 15.7. The Kier molecular flexibility index (Phi) is 6.49. The molecule has 5 heteroatoms. The van der Waals surface area contributed by atoms with Crippen LogP contribution in [0.2, 0.25) is 0 Å². The van der Waals surface area contributed by atoms with E-state index in [9.17, 15) is 4.79 Å². The van der Waals surface area contributed by atoms with E-state index in [1.54, 1.807) is 7.11 Å². The highest BCUT2D eigenvalue weighted by Gasteiger charge is 2.25. The fraction of sp³-hybridized carbons (Fsp3) is 0.632. The van der Waals surface area contributed by atoms with E-state index >= 15 is 0 Å². The molecule has 0 unspecified atom stereocenters. The number of rotatable bonds is 6. The Morgan fingerprint density at radius 3 is 2.21 bits per heavy atom. The predicted octanol–water partition coefficient (Wildman–Crippen LogP) is 2.46. The van der Waals surface area contributed by atoms with Crippen molar-refractivity contribution < 1.29 is 9.53 Å². The quantitative estimate of drug-likeness (QED) is 0.801. The molecule has 1 aliphatic rings. The second-order valence-electron chi connectivity index (χ2n) is 6.92. The maximum atomic E-state index is 12.6. The molecular weight excluding hydrogens is 302 g/mol. The van der Waals surface area contributed by atoms with Gasteiger partial charge in [-0.05, 0) is 39.8 Å². The van der Waals surface area contributed by atoms with E-state index in [-0.39, 0.29) is 18.0 Å². The second-order valence-corrected chi connectivity index (χ2v) is 6.92. The highest BCUT2D eigenvalue weighted by molar-refractivity contribution is 5.79. The second kappa shape index (κ2) is 8.38. The maximum Gasteiger partial charge on any atom is 0.237 e. The summed E-state index contributed by atoms with van der Waals surface area (Å²) in [5.74, 6) is 1.14. The third-order valence-corrected chi connectivity index (χ3v) is 4.56. The first-order valence-corrected chi connectivity index (χ1v) is 8.85. The first-order chi connectivity index (χ1) is 11.4. The van der Waals surface area contributed by atoms with E-state index in [0.717, 1.165) is 37.6 Å². The predicted molar refractivity (Wildman–Crippen MR) is 98.8 cm³/mol. The minimum absolute atomic E-state index is 0.228. The molecule has 0 spiro atoms. The van der Waals surface area contributed by atoms with Crippen molar-refractivity contribution in [1.82, 2.24) is 9.80 Å². The van der Waals surface area contributed by atoms with Crippen LogP contribution in [-0.4, -0.2) is 67.6 Å². The summed E-state index contributed by atoms with van der Waals surface area (Å²) in [6, 6.07) is 8.60. The van der Waals surface area contributed by atoms with Crippen LogP contribution >= 0.6 is 0 Å². The van der Waals surface area contributed by atoms with Crippen molar-refractivity contribution in [2.45, 2.75) is 39.8 Å². The summed E-state index contributed by atoms with van der Waals surface area (Å²) in [4.78, 5) is 19.2. The lowest BCUT2D eigenvalue weighted by Crippen LogP contribution is -2.52. The number of methoxy groups -OCH3 is 1. The van der Waals surface area contributed by atoms with Crippen molar-refractivity contribution in [3.8, 4) is 5.75 Å². The molecule has 1 heterocycles. The Bertz CT molecular complexity index is 529. The number of nitrogens with zero attached hydrogens (tertiary/aromatic N) is 3. The Balaban J connectivity index is 1.92. The summed E-state index contributed by atoms with van der Waals surface area (Å²) in [7, 11) is 1.71. The maximum absolute atomic E-state index is 12.6. The smallest absolute Gasteiger partial charge is 0.237 e. The van der Waals surface area contributed by atoms with Gasteiger partial charge in [0.1, 0.15) is 5.75 Å². The summed E-state index contributed by atoms with van der Waals surface area (Å²) in [5.41, 5.74) is 1.14. The van der Waals surface area contributed by atoms with Gasteiger partial charge < -0.3 is 14.5 Å². The van der Waals surface area contributed by atoms with Crippen LogP contribution in [0.15, 0.2) is 24.3 Å². The van der Waals surface area contributed by atoms with Crippen LogP contribution in [0.4, 0.5) is 5.69 Å². The van der Waals surface area contributed by atoms with Crippen molar-refractivity contribution in [3.05, 3.63) is 24.3 Å². The van der Waals surface area contributed by atoms with Gasteiger partial charge in [-0.2, -0.15) is 0 Å². The first-order valence-electron chi connectivity index (χ1n) is 8.85. The van der Waals surface area contributed by atoms with Gasteiger partial charge in [0, 0.05) is 38.3 Å². The summed E-state index contributed by atoms with van der Waals surface area (Å²) >= 11 is 0. The lowest BCUT2D eigenvalue weighted by Gasteiger charge is -2.38. The van der Waals surface area contributed by atoms with E-state index in [4.69, 9.17) is 4.74 Å². The number of hydrogen-bond donors (Lipinski definition) is 0. The van der Waals surface area contributed by atoms with Crippen molar-refractivity contribution >= 4 is 11.6 Å². The van der Waals surface area contributed by atoms with Gasteiger partial charge in [0.15, 0.2) is 0 Å². The summed E-state index contributed by atoms with van der Waals surface area (Å²) < 4.78 is 5.46. The molecule has 0 saturated carbocycles. The van der Waals surface area contributed by atoms with E-state index in [0.29, 0.717) is 6.54 Å². The standard InChI is InChI=1S/C19H31N3O2/c1-15(2)22(16(3)4)19(23)14-20-10-12-21(13-11-20)17-8-6-7-9-18(17)24-5/h6-9,15-16H,10-14H2,1-5H3. The fourth-order valence-corrected chi connectivity index (χ4v) is 3.48. The van der Waals surface area contributed by atoms with Crippen LogP contribution in [-0.2, 0) is 4.79 Å². The molecule has 0 radical (unpaired) electrons. The van der Waals surface area contributed by atoms with Crippen LogP contribution in [0.25, 0.3) is 0 Å². The van der Waals surface area contributed by atoms with E-state index in [1.807, 2.05) is 23.1 Å². The van der Waals surface area contributed by atoms with Crippen molar-refractivity contribution in [2.24, 2.45) is 0 Å². The van der Waals surface area contributed by atoms with Gasteiger partial charge in [-0.1, -0.05) is 12.1 Å². The summed E-state index contributed by atoms with van der Waals surface area (Å²) in [5, 5.41) is 0. The highest BCUT2D eigenvalue weighted by Crippen LogP contribution is 2.28. The van der Waals surface area contributed by atoms with Gasteiger partial charge in [-0.3, -0.25) is 9.69 Å². The number of hydrogen-bond acceptors (Lipinski definition) is 4. The number of piperazine rings is 1. The summed E-state index contributed by atoms with van der Waals surface area (Å²) in [6.45, 7) is 12.5. The minimum Gasteiger partial charge on any atom is -0.495 e. The molecular formula is C19H31N3O2. The summed E-state index contributed by atoms with van der Waals surface area (Å²) in [6.07, 6.45) is 0. The fourth-order valence-electron chi connectivity index (χ4n) is 3.48. The number of benzene rings is 1. The third-order valence-electron chi connectivity index (χ3n) is 4.56. The third kappa shape index (κ3) is 4.41. The lowest BCUT2D eigenvalue weighted by molar-refractivity contribution is -0.136. The average Bonchev–Trinajstić information content (AvgIpc) is 2.54. The molecule has 0 atom stereocenters. The van der Waals surface area contributed by atoms with Crippen molar-refractivity contribution in [1.29, 1.82) is 0 Å². The zero-order valence-corrected chi connectivity index (χ0v) is 15.7. The topological polar surface area (TPSA) is 36.0 Å². The number of para-hydroxylation sites is 2. The van der Waals surface area contributed by atoms with Gasteiger partial charge in [0.05, 0.1) is 19.3 Å². The van der Waals surface area contributed by atoms with Crippen LogP contribution < -0.4 is 9.64 Å². The van der Waals surface area contributed by atoms with E-state index in [1.165, 1.54) is 0 Å². The minimum atomic E-state index is 0.228. The number of carbonyl (C=O) groups is 1. The molecule has 0 aromatic heterocycles. The zero-order chi connectivity index (χ0) is 17.7. The Morgan fingerprint density at radius 1 is 1.08 bits per heavy atom. The molecule has 1 saturated heterocycles. The van der Waals surface area contributed by atoms with Crippen molar-refractivity contribution in [2.75, 3.05) is 44.7 Å². The van der Waals surface area contributed by atoms with E-state index in [2.05, 4.69) is 43.6 Å². The van der Waals surface area contributed by atoms with Crippen LogP contribution in [0, 0.1) is 0 Å². The van der Waals surface area contributed by atoms with Crippen LogP contribution in [0.5, 0.6) is 5.75 Å². The number of amides is 1. The molecule has 1 aromatic rings. The normalized spacial score (nSPS) is 15.9. The lowest BCUT2D eigenvalue weighted by atomic mass is 10.2. The Labute approximate surface area is 146 Å². The van der Waals surface area contributed by atoms with Gasteiger partial charge in [0.25, 0.3) is 0 Å². The SMILES string of the molecule is COc1ccccc1N1CCN(CC(=O)N(C(C)C)C(C)C)CC1. The number of ether oxygens (including phenoxy) is 1. The first kappa shape index (κ1) is 18.6. The van der Waals surface area contributed by atoms with Crippen LogP contribution in [0.1, 0.15) is 27.7 Å². The Hall–Kier alpha value is -1.75. The Morgan fingerprint density at radius 2 is 1.67 bits per heavy atom. The number of anilines is 1. The molecule has 1 amide bonds. The largest absolute Gasteiger partial charge is 0.495 e. The molecule has 0 bridgehead atoms. The molecule has 1 aromatic carbocycles. The molecule has 1 fully saturated rings. The van der Waals surface area contributed by atoms with Gasteiger partial charge in [0.2, 0.25) is 5.91 Å². The number of carbonyl (C=O) groups excluding carboxylic acids is 1. The molecule has 134 valence electrons. The van der Waals surface area contributed by atoms with Crippen molar-refractivity contribution in [3.63, 3.8) is 0 Å². The highest BCUT2D eigenvalue weighted by atomic mass is 16.5.